The summed E-state index contributed by atoms with van der Waals surface area (Å²) in [7, 11) is 5.88. The summed E-state index contributed by atoms with van der Waals surface area (Å²) in [4.78, 5) is 2.37. The van der Waals surface area contributed by atoms with Crippen LogP contribution in [0.2, 0.25) is 0 Å². The molecule has 17 heavy (non-hydrogen) atoms. The molecule has 0 aliphatic heterocycles. The van der Waals surface area contributed by atoms with Crippen LogP contribution in [0.5, 0.6) is 5.75 Å². The van der Waals surface area contributed by atoms with Crippen LogP contribution in [0.4, 0.5) is 0 Å². The van der Waals surface area contributed by atoms with E-state index in [1.807, 2.05) is 13.1 Å². The number of ether oxygens (including phenoxy) is 1. The third-order valence-electron chi connectivity index (χ3n) is 2.88. The summed E-state index contributed by atoms with van der Waals surface area (Å²) in [6.45, 7) is 3.32. The number of nitrogens with zero attached hydrogens (tertiary/aromatic N) is 1. The predicted octanol–water partition coefficient (Wildman–Crippen LogP) is 1.78. The van der Waals surface area contributed by atoms with Gasteiger partial charge in [0, 0.05) is 6.54 Å². The zero-order valence-corrected chi connectivity index (χ0v) is 11.2. The van der Waals surface area contributed by atoms with Gasteiger partial charge < -0.3 is 15.0 Å². The van der Waals surface area contributed by atoms with Crippen molar-refractivity contribution in [2.24, 2.45) is 0 Å². The van der Waals surface area contributed by atoms with E-state index in [9.17, 15) is 0 Å². The molecule has 0 aliphatic rings. The van der Waals surface area contributed by atoms with Gasteiger partial charge in [0.15, 0.2) is 0 Å². The highest BCUT2D eigenvalue weighted by atomic mass is 16.5. The van der Waals surface area contributed by atoms with Gasteiger partial charge in [-0.25, -0.2) is 0 Å². The Balaban J connectivity index is 2.28. The van der Waals surface area contributed by atoms with Crippen molar-refractivity contribution in [3.8, 4) is 5.75 Å². The van der Waals surface area contributed by atoms with E-state index in [1.165, 1.54) is 12.0 Å². The van der Waals surface area contributed by atoms with Crippen LogP contribution >= 0.6 is 0 Å². The molecule has 0 bridgehead atoms. The molecular formula is C14H24N2O. The van der Waals surface area contributed by atoms with Gasteiger partial charge in [-0.15, -0.1) is 0 Å². The summed E-state index contributed by atoms with van der Waals surface area (Å²) in [6, 6.07) is 8.31. The first-order valence-electron chi connectivity index (χ1n) is 6.22. The Hall–Kier alpha value is -1.06. The van der Waals surface area contributed by atoms with Crippen LogP contribution < -0.4 is 10.1 Å². The molecule has 96 valence electrons. The number of likely N-dealkylation sites (N-methyl/N-ethyl adjacent to an activating group) is 1. The molecule has 0 heterocycles. The van der Waals surface area contributed by atoms with Crippen LogP contribution in [-0.2, 0) is 6.42 Å². The number of benzene rings is 1. The van der Waals surface area contributed by atoms with E-state index in [4.69, 9.17) is 4.74 Å². The molecule has 0 aromatic heterocycles. The second-order valence-corrected chi connectivity index (χ2v) is 4.36. The van der Waals surface area contributed by atoms with Crippen LogP contribution in [0.15, 0.2) is 24.3 Å². The van der Waals surface area contributed by atoms with Crippen molar-refractivity contribution in [3.63, 3.8) is 0 Å². The molecule has 3 nitrogen and oxygen atoms in total. The average molecular weight is 236 g/mol. The van der Waals surface area contributed by atoms with Crippen LogP contribution in [0.1, 0.15) is 12.0 Å². The van der Waals surface area contributed by atoms with Gasteiger partial charge in [0.1, 0.15) is 5.75 Å². The minimum atomic E-state index is 0.945. The number of nitrogens with one attached hydrogen (secondary N) is 1. The summed E-state index contributed by atoms with van der Waals surface area (Å²) in [5, 5.41) is 3.17. The minimum Gasteiger partial charge on any atom is -0.497 e. The lowest BCUT2D eigenvalue weighted by molar-refractivity contribution is 0.332. The van der Waals surface area contributed by atoms with Gasteiger partial charge >= 0.3 is 0 Å². The van der Waals surface area contributed by atoms with E-state index in [0.29, 0.717) is 0 Å². The molecule has 0 atom stereocenters. The lowest BCUT2D eigenvalue weighted by atomic mass is 10.1. The molecule has 1 aromatic rings. The lowest BCUT2D eigenvalue weighted by Gasteiger charge is -2.16. The standard InChI is InChI=1S/C14H24N2O/c1-15-9-5-10-16(2)11-8-13-6-4-7-14(12-13)17-3/h4,6-7,12,15H,5,8-11H2,1-3H3. The van der Waals surface area contributed by atoms with E-state index in [-0.39, 0.29) is 0 Å². The SMILES string of the molecule is CNCCCN(C)CCc1cccc(OC)c1. The van der Waals surface area contributed by atoms with Gasteiger partial charge in [-0.1, -0.05) is 12.1 Å². The maximum atomic E-state index is 5.22. The highest BCUT2D eigenvalue weighted by molar-refractivity contribution is 5.28. The second kappa shape index (κ2) is 8.09. The molecule has 0 unspecified atom stereocenters. The first-order valence-corrected chi connectivity index (χ1v) is 6.22. The molecule has 0 saturated carbocycles. The molecule has 3 heteroatoms. The maximum Gasteiger partial charge on any atom is 0.119 e. The van der Waals surface area contributed by atoms with Crippen molar-refractivity contribution in [2.75, 3.05) is 40.8 Å². The lowest BCUT2D eigenvalue weighted by Crippen LogP contribution is -2.24. The Morgan fingerprint density at radius 2 is 2.12 bits per heavy atom. The predicted molar refractivity (Wildman–Crippen MR) is 72.7 cm³/mol. The quantitative estimate of drug-likeness (QED) is 0.696. The van der Waals surface area contributed by atoms with Crippen molar-refractivity contribution in [3.05, 3.63) is 29.8 Å². The fourth-order valence-corrected chi connectivity index (χ4v) is 1.79. The topological polar surface area (TPSA) is 24.5 Å². The van der Waals surface area contributed by atoms with Gasteiger partial charge in [-0.05, 0) is 57.7 Å². The largest absolute Gasteiger partial charge is 0.497 e. The maximum absolute atomic E-state index is 5.22. The van der Waals surface area contributed by atoms with Crippen molar-refractivity contribution in [2.45, 2.75) is 12.8 Å². The molecule has 0 aliphatic carbocycles. The average Bonchev–Trinajstić information content (AvgIpc) is 2.37. The monoisotopic (exact) mass is 236 g/mol. The fraction of sp³-hybridized carbons (Fsp3) is 0.571. The Kier molecular flexibility index (Phi) is 6.67. The summed E-state index contributed by atoms with van der Waals surface area (Å²) in [6.07, 6.45) is 2.28. The van der Waals surface area contributed by atoms with Gasteiger partial charge in [0.25, 0.3) is 0 Å². The molecular weight excluding hydrogens is 212 g/mol. The normalized spacial score (nSPS) is 10.8. The van der Waals surface area contributed by atoms with Crippen LogP contribution in [0.3, 0.4) is 0 Å². The number of methoxy groups -OCH3 is 1. The zero-order chi connectivity index (χ0) is 12.5. The Morgan fingerprint density at radius 1 is 1.29 bits per heavy atom. The smallest absolute Gasteiger partial charge is 0.119 e. The van der Waals surface area contributed by atoms with E-state index >= 15 is 0 Å². The Bertz CT molecular complexity index is 315. The summed E-state index contributed by atoms with van der Waals surface area (Å²) in [5.74, 6) is 0.945. The Morgan fingerprint density at radius 3 is 2.82 bits per heavy atom. The molecule has 1 rings (SSSR count). The third kappa shape index (κ3) is 5.71. The summed E-state index contributed by atoms with van der Waals surface area (Å²) < 4.78 is 5.22. The van der Waals surface area contributed by atoms with Gasteiger partial charge in [-0.3, -0.25) is 0 Å². The third-order valence-corrected chi connectivity index (χ3v) is 2.88. The fourth-order valence-electron chi connectivity index (χ4n) is 1.79. The first kappa shape index (κ1) is 14.0. The molecule has 0 amide bonds. The molecule has 0 fully saturated rings. The molecule has 0 radical (unpaired) electrons. The van der Waals surface area contributed by atoms with E-state index < -0.39 is 0 Å². The summed E-state index contributed by atoms with van der Waals surface area (Å²) in [5.41, 5.74) is 1.34. The number of hydrogen-bond acceptors (Lipinski definition) is 3. The Labute approximate surface area is 105 Å². The minimum absolute atomic E-state index is 0.945. The second-order valence-electron chi connectivity index (χ2n) is 4.36. The van der Waals surface area contributed by atoms with Crippen LogP contribution in [0.25, 0.3) is 0 Å². The van der Waals surface area contributed by atoms with Crippen LogP contribution in [-0.4, -0.2) is 45.7 Å². The van der Waals surface area contributed by atoms with Crippen molar-refractivity contribution >= 4 is 0 Å². The highest BCUT2D eigenvalue weighted by Crippen LogP contribution is 2.13. The summed E-state index contributed by atoms with van der Waals surface area (Å²) >= 11 is 0. The molecule has 0 spiro atoms. The van der Waals surface area contributed by atoms with Crippen molar-refractivity contribution in [1.29, 1.82) is 0 Å². The van der Waals surface area contributed by atoms with Crippen molar-refractivity contribution < 1.29 is 4.74 Å². The van der Waals surface area contributed by atoms with Gasteiger partial charge in [-0.2, -0.15) is 0 Å². The van der Waals surface area contributed by atoms with E-state index in [2.05, 4.69) is 35.5 Å². The van der Waals surface area contributed by atoms with Crippen molar-refractivity contribution in [1.82, 2.24) is 10.2 Å². The molecule has 0 saturated heterocycles. The molecule has 1 aromatic carbocycles. The number of hydrogen-bond donors (Lipinski definition) is 1. The number of rotatable bonds is 8. The van der Waals surface area contributed by atoms with Crippen LogP contribution in [0, 0.1) is 0 Å². The molecule has 1 N–H and O–H groups in total. The van der Waals surface area contributed by atoms with Gasteiger partial charge in [0.05, 0.1) is 7.11 Å². The van der Waals surface area contributed by atoms with Gasteiger partial charge in [0.2, 0.25) is 0 Å². The van der Waals surface area contributed by atoms with E-state index in [0.717, 1.165) is 31.8 Å². The zero-order valence-electron chi connectivity index (χ0n) is 11.2. The van der Waals surface area contributed by atoms with E-state index in [1.54, 1.807) is 7.11 Å². The first-order chi connectivity index (χ1) is 8.26. The highest BCUT2D eigenvalue weighted by Gasteiger charge is 2.00.